The molecule has 2 aromatic rings. The summed E-state index contributed by atoms with van der Waals surface area (Å²) >= 11 is 6.04. The van der Waals surface area contributed by atoms with Crippen molar-refractivity contribution in [2.24, 2.45) is 0 Å². The van der Waals surface area contributed by atoms with Gasteiger partial charge in [-0.3, -0.25) is 5.32 Å². The molecule has 0 saturated carbocycles. The zero-order chi connectivity index (χ0) is 18.0. The molecule has 6 nitrogen and oxygen atoms in total. The summed E-state index contributed by atoms with van der Waals surface area (Å²) in [6.45, 7) is 5.12. The van der Waals surface area contributed by atoms with Gasteiger partial charge in [-0.25, -0.2) is 9.48 Å². The largest absolute Gasteiger partial charge is 0.335 e. The first-order chi connectivity index (χ1) is 11.9. The number of amides is 2. The predicted molar refractivity (Wildman–Crippen MR) is 101 cm³/mol. The molecule has 1 aromatic carbocycles. The highest BCUT2D eigenvalue weighted by Gasteiger charge is 2.24. The van der Waals surface area contributed by atoms with E-state index in [4.69, 9.17) is 11.6 Å². The van der Waals surface area contributed by atoms with Crippen molar-refractivity contribution in [2.45, 2.75) is 38.8 Å². The van der Waals surface area contributed by atoms with Crippen LogP contribution in [0.2, 0.25) is 5.02 Å². The van der Waals surface area contributed by atoms with Crippen LogP contribution in [-0.4, -0.2) is 46.4 Å². The summed E-state index contributed by atoms with van der Waals surface area (Å²) in [4.78, 5) is 14.6. The highest BCUT2D eigenvalue weighted by Crippen LogP contribution is 2.19. The molecule has 7 heteroatoms. The van der Waals surface area contributed by atoms with Crippen LogP contribution in [-0.2, 0) is 0 Å². The maximum Gasteiger partial charge on any atom is 0.320 e. The molecule has 0 spiro atoms. The lowest BCUT2D eigenvalue weighted by molar-refractivity contribution is 0.170. The van der Waals surface area contributed by atoms with Crippen LogP contribution < -0.4 is 10.6 Å². The van der Waals surface area contributed by atoms with Crippen molar-refractivity contribution in [1.82, 2.24) is 20.0 Å². The average Bonchev–Trinajstić information content (AvgIpc) is 2.91. The third kappa shape index (κ3) is 4.32. The zero-order valence-electron chi connectivity index (χ0n) is 14.8. The molecule has 0 bridgehead atoms. The number of halogens is 1. The predicted octanol–water partition coefficient (Wildman–Crippen LogP) is 3.44. The lowest BCUT2D eigenvalue weighted by Gasteiger charge is -2.35. The first kappa shape index (κ1) is 17.8. The molecule has 1 aliphatic rings. The van der Waals surface area contributed by atoms with Gasteiger partial charge in [0.2, 0.25) is 0 Å². The summed E-state index contributed by atoms with van der Waals surface area (Å²) in [7, 11) is 2.12. The molecule has 1 saturated heterocycles. The maximum absolute atomic E-state index is 12.3. The summed E-state index contributed by atoms with van der Waals surface area (Å²) < 4.78 is 1.76. The topological polar surface area (TPSA) is 62.2 Å². The molecule has 2 atom stereocenters. The molecule has 1 aromatic heterocycles. The Morgan fingerprint density at radius 1 is 1.36 bits per heavy atom. The van der Waals surface area contributed by atoms with Gasteiger partial charge < -0.3 is 10.2 Å². The van der Waals surface area contributed by atoms with E-state index in [0.29, 0.717) is 16.9 Å². The number of hydrogen-bond donors (Lipinski definition) is 2. The summed E-state index contributed by atoms with van der Waals surface area (Å²) in [6.07, 6.45) is 1.92. The Labute approximate surface area is 153 Å². The van der Waals surface area contributed by atoms with Gasteiger partial charge in [0.1, 0.15) is 0 Å². The second-order valence-corrected chi connectivity index (χ2v) is 7.15. The lowest BCUT2D eigenvalue weighted by atomic mass is 9.99. The van der Waals surface area contributed by atoms with Crippen LogP contribution in [0.3, 0.4) is 0 Å². The fourth-order valence-corrected chi connectivity index (χ4v) is 3.35. The van der Waals surface area contributed by atoms with Gasteiger partial charge >= 0.3 is 6.03 Å². The number of aryl methyl sites for hydroxylation is 1. The van der Waals surface area contributed by atoms with E-state index >= 15 is 0 Å². The van der Waals surface area contributed by atoms with Crippen molar-refractivity contribution in [1.29, 1.82) is 0 Å². The van der Waals surface area contributed by atoms with Crippen LogP contribution >= 0.6 is 11.6 Å². The fourth-order valence-electron chi connectivity index (χ4n) is 3.16. The van der Waals surface area contributed by atoms with Gasteiger partial charge in [0.25, 0.3) is 0 Å². The van der Waals surface area contributed by atoms with Crippen molar-refractivity contribution in [2.75, 3.05) is 18.9 Å². The number of nitrogens with one attached hydrogen (secondary N) is 2. The Bertz CT molecular complexity index is 760. The lowest BCUT2D eigenvalue weighted by Crippen LogP contribution is -2.48. The highest BCUT2D eigenvalue weighted by atomic mass is 35.5. The second-order valence-electron chi connectivity index (χ2n) is 6.71. The number of piperidine rings is 1. The smallest absolute Gasteiger partial charge is 0.320 e. The summed E-state index contributed by atoms with van der Waals surface area (Å²) in [6, 6.07) is 9.76. The molecule has 3 rings (SSSR count). The van der Waals surface area contributed by atoms with E-state index in [1.54, 1.807) is 4.68 Å². The standard InChI is InChI=1S/C18H24ClN5O/c1-12-9-15(7-8-23(12)3)20-18(25)21-17-10-13(2)24(22-17)16-6-4-5-14(19)11-16/h4-6,10-12,15H,7-9H2,1-3H3,(H2,20,21,22,25). The molecule has 1 aliphatic heterocycles. The SMILES string of the molecule is Cc1cc(NC(=O)NC2CCN(C)C(C)C2)nn1-c1cccc(Cl)c1. The molecule has 134 valence electrons. The third-order valence-electron chi connectivity index (χ3n) is 4.73. The van der Waals surface area contributed by atoms with Crippen molar-refractivity contribution in [3.63, 3.8) is 0 Å². The number of carbonyl (C=O) groups is 1. The molecule has 2 heterocycles. The highest BCUT2D eigenvalue weighted by molar-refractivity contribution is 6.30. The van der Waals surface area contributed by atoms with Crippen LogP contribution in [0, 0.1) is 6.92 Å². The Hall–Kier alpha value is -2.05. The zero-order valence-corrected chi connectivity index (χ0v) is 15.5. The maximum atomic E-state index is 12.3. The minimum atomic E-state index is -0.211. The van der Waals surface area contributed by atoms with E-state index in [0.717, 1.165) is 30.8 Å². The quantitative estimate of drug-likeness (QED) is 0.880. The summed E-state index contributed by atoms with van der Waals surface area (Å²) in [5.41, 5.74) is 1.79. The Morgan fingerprint density at radius 3 is 2.88 bits per heavy atom. The number of carbonyl (C=O) groups excluding carboxylic acids is 1. The number of aromatic nitrogens is 2. The Kier molecular flexibility index (Phi) is 5.30. The number of rotatable bonds is 3. The van der Waals surface area contributed by atoms with E-state index < -0.39 is 0 Å². The molecule has 2 N–H and O–H groups in total. The molecule has 25 heavy (non-hydrogen) atoms. The van der Waals surface area contributed by atoms with E-state index in [2.05, 4.69) is 34.6 Å². The number of urea groups is 1. The molecule has 2 unspecified atom stereocenters. The van der Waals surface area contributed by atoms with Gasteiger partial charge in [-0.05, 0) is 51.9 Å². The van der Waals surface area contributed by atoms with Gasteiger partial charge in [0, 0.05) is 35.4 Å². The molecule has 2 amide bonds. The van der Waals surface area contributed by atoms with E-state index in [1.165, 1.54) is 0 Å². The van der Waals surface area contributed by atoms with Gasteiger partial charge in [-0.1, -0.05) is 17.7 Å². The normalized spacial score (nSPS) is 21.1. The minimum absolute atomic E-state index is 0.197. The first-order valence-corrected chi connectivity index (χ1v) is 8.90. The number of anilines is 1. The van der Waals surface area contributed by atoms with Crippen molar-refractivity contribution in [3.05, 3.63) is 41.0 Å². The van der Waals surface area contributed by atoms with Gasteiger partial charge in [0.15, 0.2) is 5.82 Å². The summed E-state index contributed by atoms with van der Waals surface area (Å²) in [5.74, 6) is 0.524. The number of hydrogen-bond acceptors (Lipinski definition) is 3. The van der Waals surface area contributed by atoms with Crippen molar-refractivity contribution in [3.8, 4) is 5.69 Å². The number of benzene rings is 1. The van der Waals surface area contributed by atoms with Crippen LogP contribution in [0.1, 0.15) is 25.5 Å². The molecule has 1 fully saturated rings. The fraction of sp³-hybridized carbons (Fsp3) is 0.444. The van der Waals surface area contributed by atoms with Gasteiger partial charge in [-0.2, -0.15) is 0 Å². The molecule has 0 aliphatic carbocycles. The second kappa shape index (κ2) is 7.45. The van der Waals surface area contributed by atoms with Crippen LogP contribution in [0.4, 0.5) is 10.6 Å². The third-order valence-corrected chi connectivity index (χ3v) is 4.96. The molecule has 0 radical (unpaired) electrons. The molecular weight excluding hydrogens is 338 g/mol. The van der Waals surface area contributed by atoms with Crippen LogP contribution in [0.15, 0.2) is 30.3 Å². The molecular formula is C18H24ClN5O. The van der Waals surface area contributed by atoms with Crippen molar-refractivity contribution >= 4 is 23.4 Å². The van der Waals surface area contributed by atoms with Crippen LogP contribution in [0.5, 0.6) is 0 Å². The van der Waals surface area contributed by atoms with E-state index in [1.807, 2.05) is 37.3 Å². The van der Waals surface area contributed by atoms with E-state index in [9.17, 15) is 4.79 Å². The van der Waals surface area contributed by atoms with Crippen molar-refractivity contribution < 1.29 is 4.79 Å². The Morgan fingerprint density at radius 2 is 2.16 bits per heavy atom. The van der Waals surface area contributed by atoms with E-state index in [-0.39, 0.29) is 12.1 Å². The number of likely N-dealkylation sites (tertiary alicyclic amines) is 1. The van der Waals surface area contributed by atoms with Gasteiger partial charge in [-0.15, -0.1) is 5.10 Å². The summed E-state index contributed by atoms with van der Waals surface area (Å²) in [5, 5.41) is 11.0. The first-order valence-electron chi connectivity index (χ1n) is 8.53. The monoisotopic (exact) mass is 361 g/mol. The average molecular weight is 362 g/mol. The van der Waals surface area contributed by atoms with Gasteiger partial charge in [0.05, 0.1) is 5.69 Å². The minimum Gasteiger partial charge on any atom is -0.335 e. The Balaban J connectivity index is 1.63. The number of nitrogens with zero attached hydrogens (tertiary/aromatic N) is 3. The van der Waals surface area contributed by atoms with Crippen LogP contribution in [0.25, 0.3) is 5.69 Å².